The molecule has 0 aliphatic rings. The summed E-state index contributed by atoms with van der Waals surface area (Å²) < 4.78 is 16.9. The topological polar surface area (TPSA) is 78.9 Å². The third kappa shape index (κ3) is 60.5. The van der Waals surface area contributed by atoms with Crippen molar-refractivity contribution in [1.29, 1.82) is 0 Å². The molecule has 0 amide bonds. The highest BCUT2D eigenvalue weighted by Gasteiger charge is 2.19. The first-order valence-corrected chi connectivity index (χ1v) is 33.0. The van der Waals surface area contributed by atoms with Gasteiger partial charge in [0.2, 0.25) is 0 Å². The molecular formula is C68H126O6. The van der Waals surface area contributed by atoms with E-state index in [4.69, 9.17) is 14.2 Å². The maximum absolute atomic E-state index is 12.9. The fourth-order valence-corrected chi connectivity index (χ4v) is 9.87. The molecule has 0 aromatic carbocycles. The standard InChI is InChI=1S/C68H126O6/c1-4-7-10-13-16-19-22-25-28-30-32-34-36-38-40-43-46-49-52-55-58-61-67(70)73-64-65(63-72-66(69)60-57-54-51-48-45-42-27-24-21-18-15-12-9-6-3)74-68(71)62-59-56-53-50-47-44-41-39-37-35-33-31-29-26-23-20-17-14-11-8-5-2/h15,18,24,27,30,32,65H,4-14,16-17,19-23,25-26,28-29,31,33-64H2,1-3H3/b18-15-,27-24-,32-30-. The van der Waals surface area contributed by atoms with E-state index in [-0.39, 0.29) is 31.1 Å². The second-order valence-electron chi connectivity index (χ2n) is 22.4. The number of unbranched alkanes of at least 4 members (excludes halogenated alkanes) is 44. The van der Waals surface area contributed by atoms with Gasteiger partial charge in [-0.1, -0.05) is 308 Å². The van der Waals surface area contributed by atoms with E-state index >= 15 is 0 Å². The van der Waals surface area contributed by atoms with Crippen LogP contribution >= 0.6 is 0 Å². The predicted octanol–water partition coefficient (Wildman–Crippen LogP) is 22.4. The lowest BCUT2D eigenvalue weighted by molar-refractivity contribution is -0.167. The van der Waals surface area contributed by atoms with Crippen molar-refractivity contribution in [2.75, 3.05) is 13.2 Å². The molecule has 0 aliphatic carbocycles. The zero-order valence-corrected chi connectivity index (χ0v) is 49.9. The molecule has 0 fully saturated rings. The minimum absolute atomic E-state index is 0.0736. The van der Waals surface area contributed by atoms with Gasteiger partial charge in [0, 0.05) is 19.3 Å². The van der Waals surface area contributed by atoms with Gasteiger partial charge < -0.3 is 14.2 Å². The lowest BCUT2D eigenvalue weighted by atomic mass is 10.0. The molecule has 6 nitrogen and oxygen atoms in total. The van der Waals surface area contributed by atoms with Crippen LogP contribution in [0.1, 0.15) is 361 Å². The third-order valence-electron chi connectivity index (χ3n) is 14.9. The summed E-state index contributed by atoms with van der Waals surface area (Å²) in [6.45, 7) is 6.65. The molecule has 0 rings (SSSR count). The largest absolute Gasteiger partial charge is 0.462 e. The summed E-state index contributed by atoms with van der Waals surface area (Å²) >= 11 is 0. The Morgan fingerprint density at radius 1 is 0.270 bits per heavy atom. The molecule has 0 bridgehead atoms. The molecule has 0 radical (unpaired) electrons. The molecule has 434 valence electrons. The fraction of sp³-hybridized carbons (Fsp3) is 0.868. The van der Waals surface area contributed by atoms with Crippen molar-refractivity contribution in [3.8, 4) is 0 Å². The van der Waals surface area contributed by atoms with E-state index < -0.39 is 6.10 Å². The second-order valence-corrected chi connectivity index (χ2v) is 22.4. The molecule has 0 heterocycles. The number of hydrogen-bond acceptors (Lipinski definition) is 6. The smallest absolute Gasteiger partial charge is 0.306 e. The Labute approximate surface area is 461 Å². The zero-order valence-electron chi connectivity index (χ0n) is 49.9. The number of ether oxygens (including phenoxy) is 3. The molecular weight excluding hydrogens is 913 g/mol. The van der Waals surface area contributed by atoms with Gasteiger partial charge in [-0.05, 0) is 70.6 Å². The van der Waals surface area contributed by atoms with Crippen molar-refractivity contribution in [3.05, 3.63) is 36.5 Å². The molecule has 0 N–H and O–H groups in total. The number of allylic oxidation sites excluding steroid dienone is 6. The van der Waals surface area contributed by atoms with Gasteiger partial charge in [0.25, 0.3) is 0 Å². The number of carbonyl (C=O) groups is 3. The van der Waals surface area contributed by atoms with Crippen molar-refractivity contribution in [3.63, 3.8) is 0 Å². The van der Waals surface area contributed by atoms with Crippen molar-refractivity contribution in [1.82, 2.24) is 0 Å². The van der Waals surface area contributed by atoms with Gasteiger partial charge >= 0.3 is 17.9 Å². The number of esters is 3. The summed E-state index contributed by atoms with van der Waals surface area (Å²) in [5.41, 5.74) is 0. The number of hydrogen-bond donors (Lipinski definition) is 0. The summed E-state index contributed by atoms with van der Waals surface area (Å²) in [5.74, 6) is -0.865. The van der Waals surface area contributed by atoms with Crippen molar-refractivity contribution < 1.29 is 28.6 Å². The Morgan fingerprint density at radius 2 is 0.500 bits per heavy atom. The molecule has 0 aromatic heterocycles. The Balaban J connectivity index is 4.30. The van der Waals surface area contributed by atoms with Crippen LogP contribution < -0.4 is 0 Å². The molecule has 0 saturated heterocycles. The minimum atomic E-state index is -0.777. The zero-order chi connectivity index (χ0) is 53.6. The van der Waals surface area contributed by atoms with E-state index in [1.54, 1.807) is 0 Å². The van der Waals surface area contributed by atoms with Crippen LogP contribution in [0.15, 0.2) is 36.5 Å². The van der Waals surface area contributed by atoms with Gasteiger partial charge in [-0.25, -0.2) is 0 Å². The summed E-state index contributed by atoms with van der Waals surface area (Å²) in [5, 5.41) is 0. The van der Waals surface area contributed by atoms with Gasteiger partial charge in [-0.3, -0.25) is 14.4 Å². The van der Waals surface area contributed by atoms with E-state index in [0.717, 1.165) is 77.0 Å². The first-order chi connectivity index (χ1) is 36.5. The van der Waals surface area contributed by atoms with Gasteiger partial charge in [-0.2, -0.15) is 0 Å². The quantitative estimate of drug-likeness (QED) is 0.0261. The first-order valence-electron chi connectivity index (χ1n) is 33.0. The minimum Gasteiger partial charge on any atom is -0.462 e. The number of carbonyl (C=O) groups excluding carboxylic acids is 3. The monoisotopic (exact) mass is 1040 g/mol. The molecule has 74 heavy (non-hydrogen) atoms. The van der Waals surface area contributed by atoms with Crippen molar-refractivity contribution >= 4 is 17.9 Å². The molecule has 0 aromatic rings. The maximum atomic E-state index is 12.9. The van der Waals surface area contributed by atoms with Gasteiger partial charge in [0.1, 0.15) is 13.2 Å². The third-order valence-corrected chi connectivity index (χ3v) is 14.9. The van der Waals surface area contributed by atoms with Crippen LogP contribution in [0.5, 0.6) is 0 Å². The highest BCUT2D eigenvalue weighted by molar-refractivity contribution is 5.71. The van der Waals surface area contributed by atoms with Crippen LogP contribution in [-0.4, -0.2) is 37.2 Å². The average molecular weight is 1040 g/mol. The molecule has 6 heteroatoms. The molecule has 1 unspecified atom stereocenters. The van der Waals surface area contributed by atoms with E-state index in [1.165, 1.54) is 244 Å². The molecule has 1 atom stereocenters. The lowest BCUT2D eigenvalue weighted by Crippen LogP contribution is -2.30. The van der Waals surface area contributed by atoms with Gasteiger partial charge in [0.15, 0.2) is 6.10 Å². The van der Waals surface area contributed by atoms with Crippen molar-refractivity contribution in [2.45, 2.75) is 367 Å². The van der Waals surface area contributed by atoms with Crippen LogP contribution in [0.25, 0.3) is 0 Å². The van der Waals surface area contributed by atoms with Crippen molar-refractivity contribution in [2.24, 2.45) is 0 Å². The van der Waals surface area contributed by atoms with Crippen LogP contribution in [0, 0.1) is 0 Å². The Morgan fingerprint density at radius 3 is 0.797 bits per heavy atom. The predicted molar refractivity (Wildman–Crippen MR) is 321 cm³/mol. The van der Waals surface area contributed by atoms with E-state index in [0.29, 0.717) is 19.3 Å². The van der Waals surface area contributed by atoms with Crippen LogP contribution in [0.3, 0.4) is 0 Å². The van der Waals surface area contributed by atoms with Crippen LogP contribution in [0.2, 0.25) is 0 Å². The maximum Gasteiger partial charge on any atom is 0.306 e. The summed E-state index contributed by atoms with van der Waals surface area (Å²) in [4.78, 5) is 38.3. The molecule has 0 spiro atoms. The van der Waals surface area contributed by atoms with Crippen LogP contribution in [-0.2, 0) is 28.6 Å². The Kier molecular flexibility index (Phi) is 61.1. The summed E-state index contributed by atoms with van der Waals surface area (Å²) in [6, 6.07) is 0. The van der Waals surface area contributed by atoms with Gasteiger partial charge in [-0.15, -0.1) is 0 Å². The molecule has 0 aliphatic heterocycles. The van der Waals surface area contributed by atoms with Gasteiger partial charge in [0.05, 0.1) is 0 Å². The van der Waals surface area contributed by atoms with E-state index in [1.807, 2.05) is 0 Å². The highest BCUT2D eigenvalue weighted by atomic mass is 16.6. The average Bonchev–Trinajstić information content (AvgIpc) is 3.40. The normalized spacial score (nSPS) is 12.2. The summed E-state index contributed by atoms with van der Waals surface area (Å²) in [6.07, 6.45) is 77.3. The summed E-state index contributed by atoms with van der Waals surface area (Å²) in [7, 11) is 0. The first kappa shape index (κ1) is 71.6. The van der Waals surface area contributed by atoms with Crippen LogP contribution in [0.4, 0.5) is 0 Å². The van der Waals surface area contributed by atoms with E-state index in [2.05, 4.69) is 57.2 Å². The Bertz CT molecular complexity index is 1240. The number of rotatable bonds is 61. The molecule has 0 saturated carbocycles. The van der Waals surface area contributed by atoms with E-state index in [9.17, 15) is 14.4 Å². The lowest BCUT2D eigenvalue weighted by Gasteiger charge is -2.18. The fourth-order valence-electron chi connectivity index (χ4n) is 9.87. The second kappa shape index (κ2) is 63.2. The SMILES string of the molecule is CCCC/C=C\C/C=C\CCCCCCCC(=O)OCC(COC(=O)CCCCCCCCCCC/C=C\CCCCCCCCCC)OC(=O)CCCCCCCCCCCCCCCCCCCCCCC. The Hall–Kier alpha value is -2.37. The highest BCUT2D eigenvalue weighted by Crippen LogP contribution is 2.18.